The molecule has 4 rings (SSSR count). The summed E-state index contributed by atoms with van der Waals surface area (Å²) in [4.78, 5) is 45.4. The first kappa shape index (κ1) is 15.8. The molecule has 0 fully saturated rings. The quantitative estimate of drug-likeness (QED) is 0.280. The fraction of sp³-hybridized carbons (Fsp3) is 0. The molecule has 0 radical (unpaired) electrons. The number of fused-ring (bicyclic) bond motifs is 1. The van der Waals surface area contributed by atoms with Crippen LogP contribution in [-0.4, -0.2) is 24.6 Å². The second-order valence-corrected chi connectivity index (χ2v) is 4.83. The first-order chi connectivity index (χ1) is 12.1. The molecule has 3 heterocycles. The highest BCUT2D eigenvalue weighted by molar-refractivity contribution is 5.67. The van der Waals surface area contributed by atoms with Crippen LogP contribution in [0.5, 0.6) is 0 Å². The molecule has 0 aliphatic carbocycles. The first-order valence-electron chi connectivity index (χ1n) is 7.04. The maximum absolute atomic E-state index is 11.3. The summed E-state index contributed by atoms with van der Waals surface area (Å²) in [5, 5.41) is 0. The van der Waals surface area contributed by atoms with Gasteiger partial charge in [0.25, 0.3) is 0 Å². The molecule has 0 aliphatic rings. The van der Waals surface area contributed by atoms with Gasteiger partial charge in [0.15, 0.2) is 5.52 Å². The van der Waals surface area contributed by atoms with Crippen molar-refractivity contribution in [3.63, 3.8) is 0 Å². The van der Waals surface area contributed by atoms with Gasteiger partial charge < -0.3 is 0 Å². The molecular formula is C15H12N7O3+. The number of benzene rings is 1. The number of aromatic nitrogens is 6. The molecule has 0 saturated carbocycles. The van der Waals surface area contributed by atoms with Gasteiger partial charge in [-0.1, -0.05) is 18.2 Å². The Morgan fingerprint density at radius 2 is 1.80 bits per heavy atom. The van der Waals surface area contributed by atoms with Crippen LogP contribution in [0.2, 0.25) is 0 Å². The number of imidazole rings is 2. The average Bonchev–Trinajstić information content (AvgIpc) is 3.26. The molecule has 0 bridgehead atoms. The van der Waals surface area contributed by atoms with Crippen molar-refractivity contribution in [3.8, 4) is 5.69 Å². The maximum Gasteiger partial charge on any atom is 0.398 e. The summed E-state index contributed by atoms with van der Waals surface area (Å²) in [5.74, 6) is 0. The van der Waals surface area contributed by atoms with E-state index in [4.69, 9.17) is 6.57 Å². The van der Waals surface area contributed by atoms with Crippen molar-refractivity contribution in [1.82, 2.24) is 24.6 Å². The zero-order valence-electron chi connectivity index (χ0n) is 12.7. The molecule has 124 valence electrons. The summed E-state index contributed by atoms with van der Waals surface area (Å²) >= 11 is 0. The Labute approximate surface area is 138 Å². The van der Waals surface area contributed by atoms with E-state index in [1.54, 1.807) is 0 Å². The van der Waals surface area contributed by atoms with Crippen LogP contribution in [0.3, 0.4) is 0 Å². The maximum atomic E-state index is 11.3. The molecule has 0 amide bonds. The molecule has 0 unspecified atom stereocenters. The average molecular weight is 338 g/mol. The SMILES string of the molecule is [C-]#[N+]n1c(=O)[nH]c2[nH]c(=O)[nH]c2c1=O.c1ccc(-[n+]2cc[nH]c2)cc1. The molecule has 0 aliphatic heterocycles. The van der Waals surface area contributed by atoms with Crippen LogP contribution in [0.1, 0.15) is 0 Å². The molecule has 0 spiro atoms. The summed E-state index contributed by atoms with van der Waals surface area (Å²) in [6, 6.07) is 10.2. The monoisotopic (exact) mass is 338 g/mol. The highest BCUT2D eigenvalue weighted by atomic mass is 16.2. The lowest BCUT2D eigenvalue weighted by molar-refractivity contribution is -0.594. The molecule has 10 heteroatoms. The van der Waals surface area contributed by atoms with Crippen molar-refractivity contribution in [1.29, 1.82) is 0 Å². The van der Waals surface area contributed by atoms with E-state index in [2.05, 4.69) is 37.0 Å². The standard InChI is InChI=1S/C9H8N2.C6H3N5O3/c1-2-4-9(5-3-1)11-7-6-10-8-11;1-7-11-4(12)2-3(10-6(11)14)9-5(13)8-2/h1-8H;(H,10,14)(H2,8,9,13)/p+1. The van der Waals surface area contributed by atoms with Crippen molar-refractivity contribution < 1.29 is 4.57 Å². The van der Waals surface area contributed by atoms with E-state index in [-0.39, 0.29) is 11.2 Å². The van der Waals surface area contributed by atoms with Crippen molar-refractivity contribution in [2.75, 3.05) is 0 Å². The van der Waals surface area contributed by atoms with Gasteiger partial charge in [0.2, 0.25) is 6.33 Å². The second kappa shape index (κ2) is 6.55. The highest BCUT2D eigenvalue weighted by Gasteiger charge is 2.12. The number of hydrogen-bond acceptors (Lipinski definition) is 3. The lowest BCUT2D eigenvalue weighted by atomic mass is 10.3. The molecule has 0 saturated heterocycles. The van der Waals surface area contributed by atoms with Gasteiger partial charge in [-0.2, -0.15) is 6.57 Å². The topological polar surface area (TPSA) is 128 Å². The lowest BCUT2D eigenvalue weighted by Gasteiger charge is -1.91. The van der Waals surface area contributed by atoms with Crippen molar-refractivity contribution in [2.24, 2.45) is 0 Å². The molecule has 3 aromatic heterocycles. The molecule has 25 heavy (non-hydrogen) atoms. The van der Waals surface area contributed by atoms with E-state index in [1.807, 2.05) is 41.5 Å². The minimum absolute atomic E-state index is 0.00935. The Kier molecular flexibility index (Phi) is 4.13. The van der Waals surface area contributed by atoms with Crippen LogP contribution in [0, 0.1) is 6.57 Å². The Balaban J connectivity index is 0.000000150. The number of rotatable bonds is 1. The summed E-state index contributed by atoms with van der Waals surface area (Å²) in [5.41, 5.74) is -1.30. The number of H-pyrrole nitrogens is 4. The van der Waals surface area contributed by atoms with Gasteiger partial charge in [-0.05, 0) is 12.1 Å². The minimum Gasteiger partial charge on any atom is -0.300 e. The van der Waals surface area contributed by atoms with E-state index >= 15 is 0 Å². The van der Waals surface area contributed by atoms with Gasteiger partial charge in [-0.25, -0.2) is 19.1 Å². The Hall–Kier alpha value is -4.13. The number of aromatic amines is 4. The van der Waals surface area contributed by atoms with Crippen LogP contribution in [0.25, 0.3) is 21.8 Å². The fourth-order valence-corrected chi connectivity index (χ4v) is 2.14. The van der Waals surface area contributed by atoms with Crippen LogP contribution in [0.4, 0.5) is 0 Å². The second-order valence-electron chi connectivity index (χ2n) is 4.83. The van der Waals surface area contributed by atoms with Crippen molar-refractivity contribution >= 4 is 11.2 Å². The third-order valence-corrected chi connectivity index (χ3v) is 3.26. The summed E-state index contributed by atoms with van der Waals surface area (Å²) in [6.45, 7) is 6.57. The molecule has 10 nitrogen and oxygen atoms in total. The largest absolute Gasteiger partial charge is 0.398 e. The summed E-state index contributed by atoms with van der Waals surface area (Å²) in [7, 11) is 0. The van der Waals surface area contributed by atoms with Gasteiger partial charge in [0.1, 0.15) is 23.7 Å². The van der Waals surface area contributed by atoms with Gasteiger partial charge in [-0.15, -0.1) is 4.95 Å². The molecule has 1 aromatic carbocycles. The number of nitrogens with one attached hydrogen (secondary N) is 4. The van der Waals surface area contributed by atoms with Gasteiger partial charge >= 0.3 is 16.9 Å². The Bertz CT molecular complexity index is 1200. The Morgan fingerprint density at radius 3 is 2.44 bits per heavy atom. The third-order valence-electron chi connectivity index (χ3n) is 3.26. The predicted molar refractivity (Wildman–Crippen MR) is 88.1 cm³/mol. The van der Waals surface area contributed by atoms with Gasteiger partial charge in [0, 0.05) is 0 Å². The smallest absolute Gasteiger partial charge is 0.300 e. The van der Waals surface area contributed by atoms with Crippen LogP contribution in [-0.2, 0) is 0 Å². The number of nitrogens with zero attached hydrogens (tertiary/aromatic N) is 3. The van der Waals surface area contributed by atoms with Crippen LogP contribution in [0.15, 0.2) is 63.4 Å². The Morgan fingerprint density at radius 1 is 1.04 bits per heavy atom. The zero-order valence-corrected chi connectivity index (χ0v) is 12.7. The van der Waals surface area contributed by atoms with E-state index in [9.17, 15) is 14.4 Å². The first-order valence-corrected chi connectivity index (χ1v) is 7.04. The van der Waals surface area contributed by atoms with Crippen molar-refractivity contribution in [3.05, 3.63) is 91.9 Å². The number of hydrogen-bond donors (Lipinski definition) is 4. The van der Waals surface area contributed by atoms with Crippen LogP contribution < -0.4 is 21.5 Å². The summed E-state index contributed by atoms with van der Waals surface area (Å²) < 4.78 is 2.33. The molecular weight excluding hydrogens is 326 g/mol. The van der Waals surface area contributed by atoms with E-state index < -0.39 is 16.9 Å². The van der Waals surface area contributed by atoms with E-state index in [0.717, 1.165) is 0 Å². The predicted octanol–water partition coefficient (Wildman–Crippen LogP) is -0.320. The van der Waals surface area contributed by atoms with Gasteiger partial charge in [0.05, 0.1) is 4.68 Å². The number of para-hydroxylation sites is 1. The van der Waals surface area contributed by atoms with E-state index in [1.165, 1.54) is 5.69 Å². The highest BCUT2D eigenvalue weighted by Crippen LogP contribution is 1.95. The van der Waals surface area contributed by atoms with Gasteiger partial charge in [-0.3, -0.25) is 19.7 Å². The molecule has 4 N–H and O–H groups in total. The summed E-state index contributed by atoms with van der Waals surface area (Å²) in [6.07, 6.45) is 5.79. The van der Waals surface area contributed by atoms with E-state index in [0.29, 0.717) is 4.68 Å². The third kappa shape index (κ3) is 3.15. The lowest BCUT2D eigenvalue weighted by Crippen LogP contribution is -2.30. The molecule has 4 aromatic rings. The normalized spacial score (nSPS) is 10.0. The fourth-order valence-electron chi connectivity index (χ4n) is 2.14. The zero-order chi connectivity index (χ0) is 17.8. The minimum atomic E-state index is -0.882. The molecule has 0 atom stereocenters. The van der Waals surface area contributed by atoms with Crippen LogP contribution >= 0.6 is 0 Å². The van der Waals surface area contributed by atoms with Crippen molar-refractivity contribution in [2.45, 2.75) is 0 Å².